The van der Waals surface area contributed by atoms with E-state index in [0.717, 1.165) is 23.8 Å². The molecule has 0 unspecified atom stereocenters. The van der Waals surface area contributed by atoms with Crippen molar-refractivity contribution in [2.24, 2.45) is 0 Å². The number of hydrogen-bond donors (Lipinski definition) is 1. The number of nitrogens with zero attached hydrogens (tertiary/aromatic N) is 2. The molecular weight excluding hydrogens is 292 g/mol. The molecule has 114 valence electrons. The molecule has 0 saturated carbocycles. The second-order valence-corrected chi connectivity index (χ2v) is 5.47. The number of amides is 1. The van der Waals surface area contributed by atoms with Gasteiger partial charge in [0.05, 0.1) is 10.7 Å². The molecule has 0 aliphatic carbocycles. The van der Waals surface area contributed by atoms with E-state index >= 15 is 0 Å². The highest BCUT2D eigenvalue weighted by atomic mass is 35.5. The zero-order valence-corrected chi connectivity index (χ0v) is 12.6. The molecule has 1 heterocycles. The molecule has 1 saturated heterocycles. The van der Waals surface area contributed by atoms with Crippen LogP contribution in [0.3, 0.4) is 0 Å². The predicted molar refractivity (Wildman–Crippen MR) is 81.7 cm³/mol. The average molecular weight is 311 g/mol. The fourth-order valence-electron chi connectivity index (χ4n) is 2.45. The van der Waals surface area contributed by atoms with E-state index in [1.165, 1.54) is 0 Å². The number of piperazine rings is 1. The van der Waals surface area contributed by atoms with Crippen molar-refractivity contribution in [3.8, 4) is 0 Å². The van der Waals surface area contributed by atoms with Crippen LogP contribution >= 0.6 is 11.6 Å². The van der Waals surface area contributed by atoms with Gasteiger partial charge >= 0.3 is 5.97 Å². The van der Waals surface area contributed by atoms with Crippen LogP contribution < -0.4 is 4.90 Å². The van der Waals surface area contributed by atoms with E-state index in [2.05, 4.69) is 4.90 Å². The molecule has 1 aliphatic rings. The molecule has 1 aromatic carbocycles. The molecule has 5 nitrogen and oxygen atoms in total. The van der Waals surface area contributed by atoms with Crippen LogP contribution in [0, 0.1) is 0 Å². The molecule has 21 heavy (non-hydrogen) atoms. The van der Waals surface area contributed by atoms with E-state index in [0.29, 0.717) is 25.9 Å². The maximum Gasteiger partial charge on any atom is 0.303 e. The number of carboxylic acids is 1. The number of rotatable bonds is 5. The summed E-state index contributed by atoms with van der Waals surface area (Å²) in [6, 6.07) is 7.69. The lowest BCUT2D eigenvalue weighted by atomic mass is 10.2. The van der Waals surface area contributed by atoms with Crippen molar-refractivity contribution in [2.75, 3.05) is 31.1 Å². The summed E-state index contributed by atoms with van der Waals surface area (Å²) < 4.78 is 0. The molecule has 1 aliphatic heterocycles. The Balaban J connectivity index is 1.82. The number of carbonyl (C=O) groups excluding carboxylic acids is 1. The third-order valence-corrected chi connectivity index (χ3v) is 3.93. The standard InChI is InChI=1S/C15H19ClN2O3/c16-12-4-1-2-5-13(12)17-8-10-18(11-9-17)14(19)6-3-7-15(20)21/h1-2,4-5H,3,6-11H2,(H,20,21). The van der Waals surface area contributed by atoms with Gasteiger partial charge in [0.2, 0.25) is 5.91 Å². The maximum atomic E-state index is 12.0. The van der Waals surface area contributed by atoms with Crippen molar-refractivity contribution < 1.29 is 14.7 Å². The summed E-state index contributed by atoms with van der Waals surface area (Å²) in [5.41, 5.74) is 0.997. The van der Waals surface area contributed by atoms with Crippen LogP contribution in [0.1, 0.15) is 19.3 Å². The van der Waals surface area contributed by atoms with Crippen molar-refractivity contribution >= 4 is 29.2 Å². The Bertz CT molecular complexity index is 513. The van der Waals surface area contributed by atoms with Gasteiger partial charge in [-0.05, 0) is 18.6 Å². The van der Waals surface area contributed by atoms with E-state index in [1.54, 1.807) is 4.90 Å². The molecule has 0 bridgehead atoms. The highest BCUT2D eigenvalue weighted by molar-refractivity contribution is 6.33. The molecule has 1 amide bonds. The number of para-hydroxylation sites is 1. The van der Waals surface area contributed by atoms with Gasteiger partial charge in [-0.3, -0.25) is 9.59 Å². The third kappa shape index (κ3) is 4.36. The van der Waals surface area contributed by atoms with Crippen molar-refractivity contribution in [3.63, 3.8) is 0 Å². The first-order valence-corrected chi connectivity index (χ1v) is 7.45. The normalized spacial score (nSPS) is 15.1. The minimum Gasteiger partial charge on any atom is -0.481 e. The Labute approximate surface area is 129 Å². The third-order valence-electron chi connectivity index (χ3n) is 3.61. The highest BCUT2D eigenvalue weighted by Gasteiger charge is 2.22. The monoisotopic (exact) mass is 310 g/mol. The number of aliphatic carboxylic acids is 1. The maximum absolute atomic E-state index is 12.0. The zero-order valence-electron chi connectivity index (χ0n) is 11.8. The molecule has 0 aromatic heterocycles. The summed E-state index contributed by atoms with van der Waals surface area (Å²) in [5, 5.41) is 9.30. The van der Waals surface area contributed by atoms with Crippen molar-refractivity contribution in [3.05, 3.63) is 29.3 Å². The summed E-state index contributed by atoms with van der Waals surface area (Å²) in [4.78, 5) is 26.4. The second kappa shape index (κ2) is 7.31. The Morgan fingerprint density at radius 2 is 1.76 bits per heavy atom. The van der Waals surface area contributed by atoms with Crippen molar-refractivity contribution in [2.45, 2.75) is 19.3 Å². The molecule has 1 N–H and O–H groups in total. The first-order valence-electron chi connectivity index (χ1n) is 7.07. The lowest BCUT2D eigenvalue weighted by Crippen LogP contribution is -2.48. The van der Waals surface area contributed by atoms with Gasteiger partial charge < -0.3 is 14.9 Å². The fourth-order valence-corrected chi connectivity index (χ4v) is 2.71. The molecule has 0 radical (unpaired) electrons. The van der Waals surface area contributed by atoms with Gasteiger partial charge in [0.1, 0.15) is 0 Å². The van der Waals surface area contributed by atoms with E-state index < -0.39 is 5.97 Å². The summed E-state index contributed by atoms with van der Waals surface area (Å²) in [6.07, 6.45) is 0.753. The molecule has 1 aromatic rings. The molecule has 1 fully saturated rings. The Morgan fingerprint density at radius 3 is 2.38 bits per heavy atom. The van der Waals surface area contributed by atoms with Crippen LogP contribution in [0.2, 0.25) is 5.02 Å². The van der Waals surface area contributed by atoms with E-state index in [9.17, 15) is 9.59 Å². The molecule has 2 rings (SSSR count). The van der Waals surface area contributed by atoms with Gasteiger partial charge in [0.15, 0.2) is 0 Å². The van der Waals surface area contributed by atoms with Crippen LogP contribution in [0.5, 0.6) is 0 Å². The first kappa shape index (κ1) is 15.6. The molecular formula is C15H19ClN2O3. The van der Waals surface area contributed by atoms with Crippen molar-refractivity contribution in [1.29, 1.82) is 0 Å². The number of carboxylic acid groups (broad SMARTS) is 1. The second-order valence-electron chi connectivity index (χ2n) is 5.07. The van der Waals surface area contributed by atoms with Crippen LogP contribution in [0.15, 0.2) is 24.3 Å². The Morgan fingerprint density at radius 1 is 1.10 bits per heavy atom. The quantitative estimate of drug-likeness (QED) is 0.906. The zero-order chi connectivity index (χ0) is 15.2. The summed E-state index contributed by atoms with van der Waals surface area (Å²) in [5.74, 6) is -0.818. The smallest absolute Gasteiger partial charge is 0.303 e. The van der Waals surface area contributed by atoms with Crippen LogP contribution in [-0.2, 0) is 9.59 Å². The Hall–Kier alpha value is -1.75. The van der Waals surface area contributed by atoms with E-state index in [1.807, 2.05) is 24.3 Å². The molecule has 0 spiro atoms. The minimum absolute atomic E-state index is 0.0371. The summed E-state index contributed by atoms with van der Waals surface area (Å²) >= 11 is 6.18. The summed E-state index contributed by atoms with van der Waals surface area (Å²) in [7, 11) is 0. The number of anilines is 1. The first-order chi connectivity index (χ1) is 10.1. The summed E-state index contributed by atoms with van der Waals surface area (Å²) in [6.45, 7) is 2.79. The van der Waals surface area contributed by atoms with Crippen LogP contribution in [0.25, 0.3) is 0 Å². The number of benzene rings is 1. The predicted octanol–water partition coefficient (Wildman–Crippen LogP) is 2.24. The molecule has 0 atom stereocenters. The van der Waals surface area contributed by atoms with E-state index in [-0.39, 0.29) is 12.3 Å². The SMILES string of the molecule is O=C(O)CCCC(=O)N1CCN(c2ccccc2Cl)CC1. The lowest BCUT2D eigenvalue weighted by Gasteiger charge is -2.36. The highest BCUT2D eigenvalue weighted by Crippen LogP contribution is 2.26. The minimum atomic E-state index is -0.855. The van der Waals surface area contributed by atoms with Gasteiger partial charge in [0.25, 0.3) is 0 Å². The van der Waals surface area contributed by atoms with Gasteiger partial charge in [-0.1, -0.05) is 23.7 Å². The van der Waals surface area contributed by atoms with E-state index in [4.69, 9.17) is 16.7 Å². The number of halogens is 1. The van der Waals surface area contributed by atoms with Crippen molar-refractivity contribution in [1.82, 2.24) is 4.90 Å². The van der Waals surface area contributed by atoms with Gasteiger partial charge in [-0.2, -0.15) is 0 Å². The topological polar surface area (TPSA) is 60.9 Å². The number of carbonyl (C=O) groups is 2. The van der Waals surface area contributed by atoms with Crippen LogP contribution in [0.4, 0.5) is 5.69 Å². The van der Waals surface area contributed by atoms with Crippen LogP contribution in [-0.4, -0.2) is 48.1 Å². The van der Waals surface area contributed by atoms with Gasteiger partial charge in [-0.15, -0.1) is 0 Å². The number of hydrogen-bond acceptors (Lipinski definition) is 3. The average Bonchev–Trinajstić information content (AvgIpc) is 2.47. The largest absolute Gasteiger partial charge is 0.481 e. The Kier molecular flexibility index (Phi) is 5.44. The van der Waals surface area contributed by atoms with Gasteiger partial charge in [0, 0.05) is 39.0 Å². The fraction of sp³-hybridized carbons (Fsp3) is 0.467. The lowest BCUT2D eigenvalue weighted by molar-refractivity contribution is -0.137. The molecule has 6 heteroatoms. The van der Waals surface area contributed by atoms with Gasteiger partial charge in [-0.25, -0.2) is 0 Å².